The second-order valence-electron chi connectivity index (χ2n) is 5.97. The van der Waals surface area contributed by atoms with Crippen LogP contribution in [0.4, 0.5) is 4.79 Å². The van der Waals surface area contributed by atoms with E-state index in [1.54, 1.807) is 0 Å². The normalized spacial score (nSPS) is 30.0. The van der Waals surface area contributed by atoms with Crippen LogP contribution in [0.5, 0.6) is 0 Å². The standard InChI is InChI=1S/C16H17Cl2NO2/c1-2-10-5-12-8-19(15(20)21)9-16(12,7-10)11-3-4-13(17)14(18)6-11/h2-4,6,12H,5,7-9H2,1H3,(H,20,21)/b10-2-/t12-,16+/m1/s1. The number of benzene rings is 1. The molecule has 1 amide bonds. The van der Waals surface area contributed by atoms with Crippen molar-refractivity contribution in [3.05, 3.63) is 45.5 Å². The smallest absolute Gasteiger partial charge is 0.407 e. The van der Waals surface area contributed by atoms with Crippen LogP contribution in [0.1, 0.15) is 25.3 Å². The molecule has 3 rings (SSSR count). The van der Waals surface area contributed by atoms with E-state index in [0.717, 1.165) is 18.4 Å². The van der Waals surface area contributed by atoms with E-state index in [4.69, 9.17) is 23.2 Å². The summed E-state index contributed by atoms with van der Waals surface area (Å²) < 4.78 is 0. The maximum Gasteiger partial charge on any atom is 0.407 e. The minimum absolute atomic E-state index is 0.158. The summed E-state index contributed by atoms with van der Waals surface area (Å²) in [6, 6.07) is 5.70. The Hall–Kier alpha value is -1.19. The van der Waals surface area contributed by atoms with Gasteiger partial charge in [-0.15, -0.1) is 0 Å². The van der Waals surface area contributed by atoms with Crippen molar-refractivity contribution in [2.24, 2.45) is 5.92 Å². The Morgan fingerprint density at radius 2 is 2.19 bits per heavy atom. The van der Waals surface area contributed by atoms with E-state index >= 15 is 0 Å². The van der Waals surface area contributed by atoms with Gasteiger partial charge in [-0.05, 0) is 43.4 Å². The van der Waals surface area contributed by atoms with E-state index in [1.165, 1.54) is 10.5 Å². The number of allylic oxidation sites excluding steroid dienone is 2. The molecule has 1 aliphatic carbocycles. The largest absolute Gasteiger partial charge is 0.465 e. The molecule has 2 fully saturated rings. The zero-order valence-corrected chi connectivity index (χ0v) is 13.3. The van der Waals surface area contributed by atoms with Gasteiger partial charge >= 0.3 is 6.09 Å². The molecule has 21 heavy (non-hydrogen) atoms. The van der Waals surface area contributed by atoms with Gasteiger partial charge in [-0.3, -0.25) is 0 Å². The molecular weight excluding hydrogens is 309 g/mol. The number of nitrogens with zero attached hydrogens (tertiary/aromatic N) is 1. The van der Waals surface area contributed by atoms with Gasteiger partial charge in [0.15, 0.2) is 0 Å². The molecule has 1 heterocycles. The fraction of sp³-hybridized carbons (Fsp3) is 0.438. The first-order valence-corrected chi connectivity index (χ1v) is 7.79. The van der Waals surface area contributed by atoms with Crippen molar-refractivity contribution < 1.29 is 9.90 Å². The van der Waals surface area contributed by atoms with E-state index in [0.29, 0.717) is 29.1 Å². The van der Waals surface area contributed by atoms with Crippen LogP contribution in [0.3, 0.4) is 0 Å². The molecule has 1 aromatic rings. The van der Waals surface area contributed by atoms with Crippen molar-refractivity contribution in [2.45, 2.75) is 25.2 Å². The Labute approximate surface area is 134 Å². The summed E-state index contributed by atoms with van der Waals surface area (Å²) >= 11 is 12.2. The van der Waals surface area contributed by atoms with Gasteiger partial charge in [0.25, 0.3) is 0 Å². The Bertz CT molecular complexity index is 629. The predicted molar refractivity (Wildman–Crippen MR) is 84.2 cm³/mol. The van der Waals surface area contributed by atoms with Gasteiger partial charge in [0.05, 0.1) is 10.0 Å². The molecule has 112 valence electrons. The summed E-state index contributed by atoms with van der Waals surface area (Å²) in [7, 11) is 0. The molecular formula is C16H17Cl2NO2. The van der Waals surface area contributed by atoms with Crippen LogP contribution in [0, 0.1) is 5.92 Å². The molecule has 3 nitrogen and oxygen atoms in total. The Morgan fingerprint density at radius 3 is 2.81 bits per heavy atom. The molecule has 1 N–H and O–H groups in total. The third-order valence-corrected chi connectivity index (χ3v) is 5.66. The highest BCUT2D eigenvalue weighted by molar-refractivity contribution is 6.42. The molecule has 2 atom stereocenters. The number of rotatable bonds is 1. The quantitative estimate of drug-likeness (QED) is 0.767. The lowest BCUT2D eigenvalue weighted by atomic mass is 9.74. The summed E-state index contributed by atoms with van der Waals surface area (Å²) in [5, 5.41) is 10.4. The van der Waals surface area contributed by atoms with Crippen LogP contribution in [0.2, 0.25) is 10.0 Å². The van der Waals surface area contributed by atoms with E-state index in [9.17, 15) is 9.90 Å². The number of amides is 1. The van der Waals surface area contributed by atoms with Gasteiger partial charge in [0.1, 0.15) is 0 Å². The van der Waals surface area contributed by atoms with Crippen molar-refractivity contribution in [1.29, 1.82) is 0 Å². The van der Waals surface area contributed by atoms with E-state index in [2.05, 4.69) is 6.08 Å². The fourth-order valence-electron chi connectivity index (χ4n) is 3.83. The highest BCUT2D eigenvalue weighted by Gasteiger charge is 2.53. The van der Waals surface area contributed by atoms with Gasteiger partial charge in [-0.25, -0.2) is 4.79 Å². The lowest BCUT2D eigenvalue weighted by Gasteiger charge is -2.29. The topological polar surface area (TPSA) is 40.5 Å². The van der Waals surface area contributed by atoms with E-state index < -0.39 is 6.09 Å². The monoisotopic (exact) mass is 325 g/mol. The summed E-state index contributed by atoms with van der Waals surface area (Å²) in [6.07, 6.45) is 3.17. The Kier molecular flexibility index (Phi) is 3.66. The second-order valence-corrected chi connectivity index (χ2v) is 6.79. The van der Waals surface area contributed by atoms with Gasteiger partial charge in [-0.2, -0.15) is 0 Å². The number of carbonyl (C=O) groups is 1. The zero-order valence-electron chi connectivity index (χ0n) is 11.8. The zero-order chi connectivity index (χ0) is 15.2. The fourth-order valence-corrected chi connectivity index (χ4v) is 4.13. The van der Waals surface area contributed by atoms with Crippen LogP contribution in [-0.4, -0.2) is 29.2 Å². The van der Waals surface area contributed by atoms with Gasteiger partial charge in [0, 0.05) is 18.5 Å². The highest BCUT2D eigenvalue weighted by Crippen LogP contribution is 2.53. The number of fused-ring (bicyclic) bond motifs is 1. The van der Waals surface area contributed by atoms with Crippen LogP contribution in [0.15, 0.2) is 29.8 Å². The Morgan fingerprint density at radius 1 is 1.43 bits per heavy atom. The van der Waals surface area contributed by atoms with Crippen LogP contribution in [-0.2, 0) is 5.41 Å². The summed E-state index contributed by atoms with van der Waals surface area (Å²) in [5.74, 6) is 0.317. The molecule has 5 heteroatoms. The molecule has 0 unspecified atom stereocenters. The highest BCUT2D eigenvalue weighted by atomic mass is 35.5. The maximum absolute atomic E-state index is 11.3. The maximum atomic E-state index is 11.3. The molecule has 1 aliphatic heterocycles. The van der Waals surface area contributed by atoms with Crippen molar-refractivity contribution in [2.75, 3.05) is 13.1 Å². The minimum atomic E-state index is -0.842. The van der Waals surface area contributed by atoms with Crippen LogP contribution < -0.4 is 0 Å². The average Bonchev–Trinajstić information content (AvgIpc) is 2.96. The number of hydrogen-bond acceptors (Lipinski definition) is 1. The van der Waals surface area contributed by atoms with Gasteiger partial charge in [-0.1, -0.05) is 40.9 Å². The first-order chi connectivity index (χ1) is 9.96. The first-order valence-electron chi connectivity index (χ1n) is 7.04. The predicted octanol–water partition coefficient (Wildman–Crippen LogP) is 4.58. The van der Waals surface area contributed by atoms with Crippen molar-refractivity contribution in [3.63, 3.8) is 0 Å². The summed E-state index contributed by atoms with van der Waals surface area (Å²) in [5.41, 5.74) is 2.34. The van der Waals surface area contributed by atoms with Crippen molar-refractivity contribution in [3.8, 4) is 0 Å². The third-order valence-electron chi connectivity index (χ3n) is 4.92. The SMILES string of the molecule is C/C=C1/C[C@@H]2CN(C(=O)O)C[C@]2(c2ccc(Cl)c(Cl)c2)C1. The molecule has 2 aliphatic rings. The summed E-state index contributed by atoms with van der Waals surface area (Å²) in [6.45, 7) is 3.17. The van der Waals surface area contributed by atoms with Crippen LogP contribution in [0.25, 0.3) is 0 Å². The lowest BCUT2D eigenvalue weighted by molar-refractivity contribution is 0.152. The number of hydrogen-bond donors (Lipinski definition) is 1. The van der Waals surface area contributed by atoms with Crippen molar-refractivity contribution >= 4 is 29.3 Å². The second kappa shape index (κ2) is 5.22. The van der Waals surface area contributed by atoms with Crippen LogP contribution >= 0.6 is 23.2 Å². The first kappa shape index (κ1) is 14.7. The van der Waals surface area contributed by atoms with Gasteiger partial charge < -0.3 is 10.0 Å². The third kappa shape index (κ3) is 2.33. The Balaban J connectivity index is 2.05. The molecule has 0 radical (unpaired) electrons. The molecule has 1 saturated heterocycles. The van der Waals surface area contributed by atoms with E-state index in [1.807, 2.05) is 25.1 Å². The molecule has 1 aromatic carbocycles. The molecule has 1 saturated carbocycles. The average molecular weight is 326 g/mol. The summed E-state index contributed by atoms with van der Waals surface area (Å²) in [4.78, 5) is 12.9. The van der Waals surface area contributed by atoms with Crippen molar-refractivity contribution in [1.82, 2.24) is 4.90 Å². The minimum Gasteiger partial charge on any atom is -0.465 e. The van der Waals surface area contributed by atoms with Gasteiger partial charge in [0.2, 0.25) is 0 Å². The number of halogens is 2. The lowest BCUT2D eigenvalue weighted by Crippen LogP contribution is -2.34. The van der Waals surface area contributed by atoms with E-state index in [-0.39, 0.29) is 5.41 Å². The number of carboxylic acid groups (broad SMARTS) is 1. The number of likely N-dealkylation sites (tertiary alicyclic amines) is 1. The molecule has 0 bridgehead atoms. The molecule has 0 spiro atoms. The molecule has 0 aromatic heterocycles.